The average Bonchev–Trinajstić information content (AvgIpc) is 3.20. The Morgan fingerprint density at radius 2 is 2.16 bits per heavy atom. The van der Waals surface area contributed by atoms with Crippen LogP contribution < -0.4 is 15.2 Å². The molecule has 2 rings (SSSR count). The lowest BCUT2D eigenvalue weighted by Crippen LogP contribution is -2.29. The van der Waals surface area contributed by atoms with Crippen molar-refractivity contribution in [3.63, 3.8) is 0 Å². The first-order valence-electron chi connectivity index (χ1n) is 6.37. The Bertz CT molecular complexity index is 553. The minimum absolute atomic E-state index is 0.175. The number of ether oxygens (including phenoxy) is 1. The van der Waals surface area contributed by atoms with E-state index in [9.17, 15) is 8.42 Å². The zero-order valence-electron chi connectivity index (χ0n) is 11.2. The summed E-state index contributed by atoms with van der Waals surface area (Å²) >= 11 is 0. The number of sulfonamides is 1. The van der Waals surface area contributed by atoms with Crippen molar-refractivity contribution in [2.24, 2.45) is 11.8 Å². The van der Waals surface area contributed by atoms with Crippen LogP contribution >= 0.6 is 0 Å². The van der Waals surface area contributed by atoms with Crippen LogP contribution in [0.5, 0.6) is 5.75 Å². The number of anilines is 1. The molecule has 1 atom stereocenters. The second-order valence-electron chi connectivity index (χ2n) is 5.07. The van der Waals surface area contributed by atoms with Gasteiger partial charge in [0.15, 0.2) is 0 Å². The van der Waals surface area contributed by atoms with Crippen molar-refractivity contribution in [1.29, 1.82) is 0 Å². The smallest absolute Gasteiger partial charge is 0.240 e. The standard InChI is InChI=1S/C13H20N2O3S/c1-9(10-3-4-10)8-15-19(16,17)11-5-6-13(18-2)12(14)7-11/h5-7,9-10,15H,3-4,8,14H2,1-2H3. The summed E-state index contributed by atoms with van der Waals surface area (Å²) < 4.78 is 31.9. The fourth-order valence-electron chi connectivity index (χ4n) is 2.04. The molecule has 0 amide bonds. The lowest BCUT2D eigenvalue weighted by molar-refractivity contribution is 0.416. The van der Waals surface area contributed by atoms with E-state index in [1.54, 1.807) is 6.07 Å². The molecular weight excluding hydrogens is 264 g/mol. The van der Waals surface area contributed by atoms with E-state index in [4.69, 9.17) is 10.5 Å². The number of benzene rings is 1. The molecule has 0 radical (unpaired) electrons. The summed E-state index contributed by atoms with van der Waals surface area (Å²) in [6, 6.07) is 4.48. The van der Waals surface area contributed by atoms with Gasteiger partial charge < -0.3 is 10.5 Å². The van der Waals surface area contributed by atoms with Gasteiger partial charge in [0.05, 0.1) is 17.7 Å². The van der Waals surface area contributed by atoms with Crippen LogP contribution in [0.2, 0.25) is 0 Å². The summed E-state index contributed by atoms with van der Waals surface area (Å²) in [6.45, 7) is 2.54. The van der Waals surface area contributed by atoms with E-state index in [0.29, 0.717) is 29.8 Å². The molecule has 1 aromatic rings. The number of hydrogen-bond acceptors (Lipinski definition) is 4. The van der Waals surface area contributed by atoms with Gasteiger partial charge in [-0.15, -0.1) is 0 Å². The van der Waals surface area contributed by atoms with Gasteiger partial charge in [-0.25, -0.2) is 13.1 Å². The van der Waals surface area contributed by atoms with Crippen LogP contribution in [0, 0.1) is 11.8 Å². The van der Waals surface area contributed by atoms with Gasteiger partial charge in [-0.05, 0) is 42.9 Å². The molecule has 3 N–H and O–H groups in total. The Morgan fingerprint density at radius 3 is 2.68 bits per heavy atom. The summed E-state index contributed by atoms with van der Waals surface area (Å²) in [7, 11) is -2.00. The maximum Gasteiger partial charge on any atom is 0.240 e. The van der Waals surface area contributed by atoms with Crippen LogP contribution in [0.1, 0.15) is 19.8 Å². The summed E-state index contributed by atoms with van der Waals surface area (Å²) in [5, 5.41) is 0. The molecule has 5 nitrogen and oxygen atoms in total. The van der Waals surface area contributed by atoms with Gasteiger partial charge in [-0.2, -0.15) is 0 Å². The number of nitrogens with two attached hydrogens (primary N) is 1. The van der Waals surface area contributed by atoms with Crippen molar-refractivity contribution in [3.8, 4) is 5.75 Å². The van der Waals surface area contributed by atoms with E-state index in [0.717, 1.165) is 0 Å². The molecule has 0 bridgehead atoms. The van der Waals surface area contributed by atoms with E-state index in [1.165, 1.54) is 32.1 Å². The highest BCUT2D eigenvalue weighted by molar-refractivity contribution is 7.89. The SMILES string of the molecule is COc1ccc(S(=O)(=O)NCC(C)C2CC2)cc1N. The zero-order valence-corrected chi connectivity index (χ0v) is 12.0. The topological polar surface area (TPSA) is 81.4 Å². The van der Waals surface area contributed by atoms with Gasteiger partial charge in [0, 0.05) is 6.54 Å². The molecule has 106 valence electrons. The maximum atomic E-state index is 12.1. The van der Waals surface area contributed by atoms with Crippen molar-refractivity contribution in [1.82, 2.24) is 4.72 Å². The molecule has 1 saturated carbocycles. The molecular formula is C13H20N2O3S. The molecule has 1 aromatic carbocycles. The first kappa shape index (κ1) is 14.1. The Labute approximate surface area is 114 Å². The van der Waals surface area contributed by atoms with E-state index in [1.807, 2.05) is 0 Å². The van der Waals surface area contributed by atoms with Gasteiger partial charge in [-0.1, -0.05) is 6.92 Å². The predicted octanol–water partition coefficient (Wildman–Crippen LogP) is 1.60. The Balaban J connectivity index is 2.07. The molecule has 1 aliphatic carbocycles. The first-order valence-corrected chi connectivity index (χ1v) is 7.85. The normalized spacial score (nSPS) is 17.2. The van der Waals surface area contributed by atoms with Gasteiger partial charge in [0.25, 0.3) is 0 Å². The highest BCUT2D eigenvalue weighted by Gasteiger charge is 2.28. The average molecular weight is 284 g/mol. The quantitative estimate of drug-likeness (QED) is 0.777. The van der Waals surface area contributed by atoms with Crippen molar-refractivity contribution < 1.29 is 13.2 Å². The van der Waals surface area contributed by atoms with E-state index in [2.05, 4.69) is 11.6 Å². The van der Waals surface area contributed by atoms with E-state index >= 15 is 0 Å². The first-order chi connectivity index (χ1) is 8.94. The lowest BCUT2D eigenvalue weighted by atomic mass is 10.1. The second-order valence-corrected chi connectivity index (χ2v) is 6.84. The molecule has 6 heteroatoms. The monoisotopic (exact) mass is 284 g/mol. The van der Waals surface area contributed by atoms with Crippen LogP contribution in [0.3, 0.4) is 0 Å². The molecule has 1 unspecified atom stereocenters. The zero-order chi connectivity index (χ0) is 14.0. The molecule has 19 heavy (non-hydrogen) atoms. The number of nitrogen functional groups attached to an aromatic ring is 1. The van der Waals surface area contributed by atoms with Gasteiger partial charge in [0.2, 0.25) is 10.0 Å². The Kier molecular flexibility index (Phi) is 4.01. The van der Waals surface area contributed by atoms with Crippen LogP contribution in [0.4, 0.5) is 5.69 Å². The third-order valence-corrected chi connectivity index (χ3v) is 4.95. The summed E-state index contributed by atoms with van der Waals surface area (Å²) in [4.78, 5) is 0.175. The van der Waals surface area contributed by atoms with Crippen LogP contribution in [-0.4, -0.2) is 22.1 Å². The van der Waals surface area contributed by atoms with Gasteiger partial charge in [0.1, 0.15) is 5.75 Å². The molecule has 0 saturated heterocycles. The maximum absolute atomic E-state index is 12.1. The Morgan fingerprint density at radius 1 is 1.47 bits per heavy atom. The third-order valence-electron chi connectivity index (χ3n) is 3.53. The summed E-state index contributed by atoms with van der Waals surface area (Å²) in [5.74, 6) is 1.53. The van der Waals surface area contributed by atoms with E-state index in [-0.39, 0.29) is 4.90 Å². The van der Waals surface area contributed by atoms with Crippen molar-refractivity contribution in [2.75, 3.05) is 19.4 Å². The fourth-order valence-corrected chi connectivity index (χ4v) is 3.21. The van der Waals surface area contributed by atoms with Crippen LogP contribution in [0.15, 0.2) is 23.1 Å². The van der Waals surface area contributed by atoms with Crippen LogP contribution in [0.25, 0.3) is 0 Å². The molecule has 0 spiro atoms. The van der Waals surface area contributed by atoms with Crippen molar-refractivity contribution >= 4 is 15.7 Å². The van der Waals surface area contributed by atoms with Crippen molar-refractivity contribution in [2.45, 2.75) is 24.7 Å². The highest BCUT2D eigenvalue weighted by Crippen LogP contribution is 2.36. The number of rotatable bonds is 6. The fraction of sp³-hybridized carbons (Fsp3) is 0.538. The van der Waals surface area contributed by atoms with Gasteiger partial charge >= 0.3 is 0 Å². The lowest BCUT2D eigenvalue weighted by Gasteiger charge is -2.13. The molecule has 1 fully saturated rings. The largest absolute Gasteiger partial charge is 0.495 e. The second kappa shape index (κ2) is 5.38. The third kappa shape index (κ3) is 3.39. The van der Waals surface area contributed by atoms with Crippen LogP contribution in [-0.2, 0) is 10.0 Å². The summed E-state index contributed by atoms with van der Waals surface area (Å²) in [5.41, 5.74) is 6.05. The molecule has 1 aliphatic rings. The predicted molar refractivity (Wildman–Crippen MR) is 74.5 cm³/mol. The van der Waals surface area contributed by atoms with Crippen molar-refractivity contribution in [3.05, 3.63) is 18.2 Å². The van der Waals surface area contributed by atoms with Gasteiger partial charge in [-0.3, -0.25) is 0 Å². The van der Waals surface area contributed by atoms with E-state index < -0.39 is 10.0 Å². The number of methoxy groups -OCH3 is 1. The molecule has 0 aromatic heterocycles. The summed E-state index contributed by atoms with van der Waals surface area (Å²) in [6.07, 6.45) is 2.41. The number of nitrogens with one attached hydrogen (secondary N) is 1. The number of hydrogen-bond donors (Lipinski definition) is 2. The highest BCUT2D eigenvalue weighted by atomic mass is 32.2. The minimum atomic E-state index is -3.49. The minimum Gasteiger partial charge on any atom is -0.495 e. The Hall–Kier alpha value is -1.27. The molecule has 0 heterocycles. The molecule has 0 aliphatic heterocycles.